The number of carbonyl (C=O) groups is 2. The van der Waals surface area contributed by atoms with E-state index in [4.69, 9.17) is 0 Å². The van der Waals surface area contributed by atoms with Gasteiger partial charge in [-0.2, -0.15) is 0 Å². The van der Waals surface area contributed by atoms with Crippen LogP contribution in [-0.2, 0) is 11.2 Å². The molecule has 1 saturated carbocycles. The summed E-state index contributed by atoms with van der Waals surface area (Å²) in [5.41, 5.74) is 0.715. The minimum Gasteiger partial charge on any atom is -0.480 e. The van der Waals surface area contributed by atoms with Crippen molar-refractivity contribution in [3.63, 3.8) is 0 Å². The van der Waals surface area contributed by atoms with Gasteiger partial charge >= 0.3 is 5.97 Å². The van der Waals surface area contributed by atoms with Gasteiger partial charge in [0, 0.05) is 6.04 Å². The highest BCUT2D eigenvalue weighted by atomic mass is 32.1. The van der Waals surface area contributed by atoms with E-state index in [0.717, 1.165) is 30.7 Å². The minimum absolute atomic E-state index is 0.0738. The molecule has 1 atom stereocenters. The van der Waals surface area contributed by atoms with Gasteiger partial charge in [0.2, 0.25) is 0 Å². The van der Waals surface area contributed by atoms with Crippen LogP contribution in [0.3, 0.4) is 0 Å². The van der Waals surface area contributed by atoms with Crippen molar-refractivity contribution in [3.05, 3.63) is 15.6 Å². The standard InChI is InChI=1S/C14H20N2O3S/c1-4-5-11-15-8(2)12(20-11)13(17)16(10-6-7-10)9(3)14(18)19/h9-10H,4-7H2,1-3H3,(H,18,19). The number of amides is 1. The van der Waals surface area contributed by atoms with Crippen molar-refractivity contribution in [1.29, 1.82) is 0 Å². The van der Waals surface area contributed by atoms with E-state index >= 15 is 0 Å². The summed E-state index contributed by atoms with van der Waals surface area (Å²) in [6, 6.07) is -0.712. The lowest BCUT2D eigenvalue weighted by atomic mass is 10.2. The molecule has 1 aliphatic rings. The minimum atomic E-state index is -0.957. The second-order valence-corrected chi connectivity index (χ2v) is 6.31. The van der Waals surface area contributed by atoms with Crippen LogP contribution in [0.4, 0.5) is 0 Å². The molecule has 1 fully saturated rings. The monoisotopic (exact) mass is 296 g/mol. The number of carboxylic acids is 1. The SMILES string of the molecule is CCCc1nc(C)c(C(=O)N(C2CC2)C(C)C(=O)O)s1. The fourth-order valence-corrected chi connectivity index (χ4v) is 3.33. The van der Waals surface area contributed by atoms with Crippen molar-refractivity contribution in [1.82, 2.24) is 9.88 Å². The highest BCUT2D eigenvalue weighted by molar-refractivity contribution is 7.13. The molecule has 0 bridgehead atoms. The molecular weight excluding hydrogens is 276 g/mol. The lowest BCUT2D eigenvalue weighted by Gasteiger charge is -2.26. The third kappa shape index (κ3) is 3.00. The van der Waals surface area contributed by atoms with E-state index in [-0.39, 0.29) is 11.9 Å². The second kappa shape index (κ2) is 5.91. The number of carbonyl (C=O) groups excluding carboxylic acids is 1. The molecular formula is C14H20N2O3S. The Hall–Kier alpha value is -1.43. The first-order valence-electron chi connectivity index (χ1n) is 6.97. The average molecular weight is 296 g/mol. The molecule has 1 aliphatic carbocycles. The van der Waals surface area contributed by atoms with Gasteiger partial charge in [0.15, 0.2) is 0 Å². The molecule has 1 aromatic heterocycles. The van der Waals surface area contributed by atoms with Gasteiger partial charge in [0.25, 0.3) is 5.91 Å². The maximum atomic E-state index is 12.6. The summed E-state index contributed by atoms with van der Waals surface area (Å²) in [4.78, 5) is 30.4. The molecule has 0 saturated heterocycles. The van der Waals surface area contributed by atoms with Crippen LogP contribution in [0, 0.1) is 6.92 Å². The largest absolute Gasteiger partial charge is 0.480 e. The van der Waals surface area contributed by atoms with Crippen LogP contribution in [0.5, 0.6) is 0 Å². The van der Waals surface area contributed by atoms with Gasteiger partial charge in [-0.05, 0) is 39.5 Å². The predicted octanol–water partition coefficient (Wildman–Crippen LogP) is 2.48. The Kier molecular flexibility index (Phi) is 4.42. The van der Waals surface area contributed by atoms with Crippen LogP contribution in [0.2, 0.25) is 0 Å². The predicted molar refractivity (Wildman–Crippen MR) is 77.1 cm³/mol. The molecule has 0 spiro atoms. The average Bonchev–Trinajstić information content (AvgIpc) is 3.13. The number of aromatic nitrogens is 1. The molecule has 2 rings (SSSR count). The van der Waals surface area contributed by atoms with Crippen molar-refractivity contribution in [3.8, 4) is 0 Å². The van der Waals surface area contributed by atoms with Gasteiger partial charge in [-0.15, -0.1) is 11.3 Å². The zero-order valence-electron chi connectivity index (χ0n) is 12.0. The molecule has 6 heteroatoms. The Morgan fingerprint density at radius 2 is 2.15 bits per heavy atom. The number of carboxylic acid groups (broad SMARTS) is 1. The number of rotatable bonds is 6. The summed E-state index contributed by atoms with van der Waals surface area (Å²) in [6.07, 6.45) is 3.63. The van der Waals surface area contributed by atoms with E-state index in [9.17, 15) is 14.7 Å². The molecule has 0 aromatic carbocycles. The maximum Gasteiger partial charge on any atom is 0.326 e. The number of aryl methyl sites for hydroxylation is 2. The Morgan fingerprint density at radius 3 is 2.65 bits per heavy atom. The summed E-state index contributed by atoms with van der Waals surface area (Å²) >= 11 is 1.40. The molecule has 0 radical (unpaired) electrons. The summed E-state index contributed by atoms with van der Waals surface area (Å²) in [5.74, 6) is -1.14. The molecule has 20 heavy (non-hydrogen) atoms. The van der Waals surface area contributed by atoms with Crippen molar-refractivity contribution >= 4 is 23.2 Å². The van der Waals surface area contributed by atoms with Crippen molar-refractivity contribution in [2.45, 2.75) is 58.5 Å². The van der Waals surface area contributed by atoms with Crippen LogP contribution in [0.15, 0.2) is 0 Å². The number of nitrogens with zero attached hydrogens (tertiary/aromatic N) is 2. The molecule has 0 aliphatic heterocycles. The van der Waals surface area contributed by atoms with Crippen molar-refractivity contribution in [2.75, 3.05) is 0 Å². The first kappa shape index (κ1) is 15.0. The van der Waals surface area contributed by atoms with E-state index in [2.05, 4.69) is 11.9 Å². The first-order valence-corrected chi connectivity index (χ1v) is 7.79. The van der Waals surface area contributed by atoms with Gasteiger partial charge in [-0.1, -0.05) is 6.92 Å². The highest BCUT2D eigenvalue weighted by Crippen LogP contribution is 2.32. The normalized spacial score (nSPS) is 15.9. The van der Waals surface area contributed by atoms with E-state index in [1.54, 1.807) is 6.92 Å². The number of thiazole rings is 1. The molecule has 1 unspecified atom stereocenters. The molecule has 1 amide bonds. The Morgan fingerprint density at radius 1 is 1.50 bits per heavy atom. The van der Waals surface area contributed by atoms with Crippen LogP contribution in [-0.4, -0.2) is 39.0 Å². The van der Waals surface area contributed by atoms with E-state index < -0.39 is 12.0 Å². The summed E-state index contributed by atoms with van der Waals surface area (Å²) in [6.45, 7) is 5.46. The van der Waals surface area contributed by atoms with Gasteiger partial charge in [0.05, 0.1) is 10.7 Å². The molecule has 5 nitrogen and oxygen atoms in total. The lowest BCUT2D eigenvalue weighted by molar-refractivity contribution is -0.141. The van der Waals surface area contributed by atoms with Gasteiger partial charge in [-0.25, -0.2) is 9.78 Å². The van der Waals surface area contributed by atoms with Crippen LogP contribution in [0.25, 0.3) is 0 Å². The van der Waals surface area contributed by atoms with Crippen molar-refractivity contribution in [2.24, 2.45) is 0 Å². The molecule has 1 aromatic rings. The third-order valence-corrected chi connectivity index (χ3v) is 4.65. The fourth-order valence-electron chi connectivity index (χ4n) is 2.22. The quantitative estimate of drug-likeness (QED) is 0.875. The maximum absolute atomic E-state index is 12.6. The van der Waals surface area contributed by atoms with Gasteiger partial charge in [-0.3, -0.25) is 4.79 Å². The van der Waals surface area contributed by atoms with E-state index in [0.29, 0.717) is 10.6 Å². The Bertz CT molecular complexity index is 522. The summed E-state index contributed by atoms with van der Waals surface area (Å²) in [7, 11) is 0. The van der Waals surface area contributed by atoms with E-state index in [1.807, 2.05) is 6.92 Å². The Balaban J connectivity index is 2.25. The Labute approximate surface area is 122 Å². The number of hydrogen-bond donors (Lipinski definition) is 1. The smallest absolute Gasteiger partial charge is 0.326 e. The third-order valence-electron chi connectivity index (χ3n) is 3.45. The van der Waals surface area contributed by atoms with Gasteiger partial charge in [0.1, 0.15) is 10.9 Å². The zero-order chi connectivity index (χ0) is 14.9. The van der Waals surface area contributed by atoms with Crippen molar-refractivity contribution < 1.29 is 14.7 Å². The lowest BCUT2D eigenvalue weighted by Crippen LogP contribution is -2.44. The van der Waals surface area contributed by atoms with Crippen LogP contribution in [0.1, 0.15) is 53.5 Å². The van der Waals surface area contributed by atoms with Gasteiger partial charge < -0.3 is 10.0 Å². The molecule has 1 heterocycles. The number of aliphatic carboxylic acids is 1. The fraction of sp³-hybridized carbons (Fsp3) is 0.643. The van der Waals surface area contributed by atoms with Crippen LogP contribution < -0.4 is 0 Å². The number of hydrogen-bond acceptors (Lipinski definition) is 4. The molecule has 1 N–H and O–H groups in total. The summed E-state index contributed by atoms with van der Waals surface area (Å²) < 4.78 is 0. The summed E-state index contributed by atoms with van der Waals surface area (Å²) in [5, 5.41) is 10.1. The highest BCUT2D eigenvalue weighted by Gasteiger charge is 2.39. The second-order valence-electron chi connectivity index (χ2n) is 5.23. The van der Waals surface area contributed by atoms with E-state index in [1.165, 1.54) is 16.2 Å². The topological polar surface area (TPSA) is 70.5 Å². The molecule has 110 valence electrons. The van der Waals surface area contributed by atoms with Crippen LogP contribution >= 0.6 is 11.3 Å². The zero-order valence-corrected chi connectivity index (χ0v) is 12.9. The first-order chi connectivity index (χ1) is 9.45.